The van der Waals surface area contributed by atoms with Gasteiger partial charge in [0.1, 0.15) is 10.5 Å². The number of ether oxygens (including phenoxy) is 2. The smallest absolute Gasteiger partial charge is 0.136 e. The molecular formula is C18H27NO4S. The molecule has 5 nitrogen and oxygen atoms in total. The maximum Gasteiger partial charge on any atom is 0.136 e. The molecule has 134 valence electrons. The molecule has 1 fully saturated rings. The lowest BCUT2D eigenvalue weighted by Gasteiger charge is -2.45. The number of hydrogen-bond acceptors (Lipinski definition) is 5. The van der Waals surface area contributed by atoms with Gasteiger partial charge < -0.3 is 19.1 Å². The van der Waals surface area contributed by atoms with Crippen molar-refractivity contribution >= 4 is 11.4 Å². The predicted octanol–water partition coefficient (Wildman–Crippen LogP) is 2.33. The number of rotatable bonds is 3. The molecular weight excluding hydrogens is 326 g/mol. The van der Waals surface area contributed by atoms with Crippen LogP contribution in [0.15, 0.2) is 24.3 Å². The Bertz CT molecular complexity index is 568. The molecule has 0 aliphatic carbocycles. The second-order valence-electron chi connectivity index (χ2n) is 7.65. The summed E-state index contributed by atoms with van der Waals surface area (Å²) >= 11 is -1.23. The summed E-state index contributed by atoms with van der Waals surface area (Å²) in [5.74, 6) is 0.635. The molecule has 2 N–H and O–H groups in total. The van der Waals surface area contributed by atoms with E-state index < -0.39 is 17.0 Å². The fourth-order valence-corrected chi connectivity index (χ4v) is 4.24. The molecule has 6 heteroatoms. The van der Waals surface area contributed by atoms with Crippen molar-refractivity contribution < 1.29 is 19.1 Å². The van der Waals surface area contributed by atoms with Crippen molar-refractivity contribution in [2.45, 2.75) is 50.0 Å². The van der Waals surface area contributed by atoms with E-state index in [0.29, 0.717) is 32.7 Å². The summed E-state index contributed by atoms with van der Waals surface area (Å²) in [4.78, 5) is 0. The maximum atomic E-state index is 12.7. The lowest BCUT2D eigenvalue weighted by atomic mass is 9.74. The quantitative estimate of drug-likeness (QED) is 0.816. The topological polar surface area (TPSA) is 73.8 Å². The number of hydrogen-bond donors (Lipinski definition) is 2. The van der Waals surface area contributed by atoms with Gasteiger partial charge in [0.15, 0.2) is 0 Å². The van der Waals surface area contributed by atoms with Gasteiger partial charge in [-0.1, -0.05) is 18.2 Å². The van der Waals surface area contributed by atoms with Crippen LogP contribution in [0.1, 0.15) is 45.2 Å². The Morgan fingerprint density at radius 2 is 1.92 bits per heavy atom. The van der Waals surface area contributed by atoms with Gasteiger partial charge in [-0.05, 0) is 26.8 Å². The molecule has 0 spiro atoms. The summed E-state index contributed by atoms with van der Waals surface area (Å²) in [5.41, 5.74) is 0.0946. The van der Waals surface area contributed by atoms with Crippen molar-refractivity contribution in [3.8, 4) is 5.75 Å². The fourth-order valence-electron chi connectivity index (χ4n) is 3.36. The Labute approximate surface area is 147 Å². The number of benzene rings is 1. The summed E-state index contributed by atoms with van der Waals surface area (Å²) in [6.07, 6.45) is 1.15. The normalized spacial score (nSPS) is 27.9. The first-order valence-electron chi connectivity index (χ1n) is 8.51. The van der Waals surface area contributed by atoms with Gasteiger partial charge in [-0.25, -0.2) is 0 Å². The van der Waals surface area contributed by atoms with Crippen molar-refractivity contribution in [1.29, 1.82) is 0 Å². The minimum atomic E-state index is -1.23. The number of aliphatic hydroxyl groups is 1. The van der Waals surface area contributed by atoms with Crippen molar-refractivity contribution in [3.63, 3.8) is 0 Å². The first kappa shape index (κ1) is 18.0. The summed E-state index contributed by atoms with van der Waals surface area (Å²) in [5, 5.41) is 11.2. The van der Waals surface area contributed by atoms with E-state index in [4.69, 9.17) is 9.47 Å². The first-order valence-corrected chi connectivity index (χ1v) is 9.66. The molecule has 0 radical (unpaired) electrons. The third kappa shape index (κ3) is 3.58. The van der Waals surface area contributed by atoms with Crippen LogP contribution in [0, 0.1) is 5.92 Å². The highest BCUT2D eigenvalue weighted by atomic mass is 32.2. The van der Waals surface area contributed by atoms with Gasteiger partial charge in [-0.2, -0.15) is 0 Å². The zero-order valence-electron chi connectivity index (χ0n) is 14.6. The van der Waals surface area contributed by atoms with Gasteiger partial charge in [0.25, 0.3) is 0 Å². The molecule has 2 aliphatic heterocycles. The number of fused-ring (bicyclic) bond motifs is 1. The van der Waals surface area contributed by atoms with Gasteiger partial charge in [0, 0.05) is 48.9 Å². The highest BCUT2D eigenvalue weighted by Crippen LogP contribution is 2.44. The SMILES string of the molecule is CC(C)(C)[S+]([O-])NC1c2ccccc2OC[C@@H]1C1(O)CCOCC1. The minimum absolute atomic E-state index is 0.164. The molecule has 3 atom stereocenters. The Morgan fingerprint density at radius 1 is 1.25 bits per heavy atom. The summed E-state index contributed by atoms with van der Waals surface area (Å²) in [6, 6.07) is 7.58. The standard InChI is InChI=1S/C18H27NO4S/c1-17(2,3)24(21)19-16-13-6-4-5-7-15(13)23-12-14(16)18(20)8-10-22-11-9-18/h4-7,14,16,19-20H,8-12H2,1-3H3/t14-,16?,24?/m0/s1. The van der Waals surface area contributed by atoms with E-state index in [1.165, 1.54) is 0 Å². The first-order chi connectivity index (χ1) is 11.3. The van der Waals surface area contributed by atoms with Gasteiger partial charge in [0.05, 0.1) is 18.2 Å². The highest BCUT2D eigenvalue weighted by molar-refractivity contribution is 7.90. The van der Waals surface area contributed by atoms with Crippen LogP contribution in [-0.4, -0.2) is 39.8 Å². The minimum Gasteiger partial charge on any atom is -0.598 e. The molecule has 2 aliphatic rings. The molecule has 1 aromatic carbocycles. The molecule has 0 aromatic heterocycles. The van der Waals surface area contributed by atoms with Crippen LogP contribution in [0.4, 0.5) is 0 Å². The van der Waals surface area contributed by atoms with Crippen LogP contribution < -0.4 is 9.46 Å². The molecule has 0 amide bonds. The molecule has 2 heterocycles. The van der Waals surface area contributed by atoms with Gasteiger partial charge >= 0.3 is 0 Å². The van der Waals surface area contributed by atoms with E-state index in [2.05, 4.69) is 4.72 Å². The average molecular weight is 353 g/mol. The molecule has 0 bridgehead atoms. The van der Waals surface area contributed by atoms with E-state index in [9.17, 15) is 9.66 Å². The summed E-state index contributed by atoms with van der Waals surface area (Å²) in [7, 11) is 0. The zero-order valence-corrected chi connectivity index (χ0v) is 15.4. The molecule has 1 aromatic rings. The van der Waals surface area contributed by atoms with E-state index in [0.717, 1.165) is 11.3 Å². The van der Waals surface area contributed by atoms with E-state index in [1.54, 1.807) is 0 Å². The number of nitrogens with one attached hydrogen (secondary N) is 1. The lowest BCUT2D eigenvalue weighted by Crippen LogP contribution is -2.54. The predicted molar refractivity (Wildman–Crippen MR) is 94.2 cm³/mol. The number of para-hydroxylation sites is 1. The molecule has 3 rings (SSSR count). The third-order valence-corrected chi connectivity index (χ3v) is 6.49. The van der Waals surface area contributed by atoms with Crippen molar-refractivity contribution in [2.75, 3.05) is 19.8 Å². The van der Waals surface area contributed by atoms with Crippen LogP contribution in [-0.2, 0) is 16.1 Å². The van der Waals surface area contributed by atoms with Crippen molar-refractivity contribution in [3.05, 3.63) is 29.8 Å². The Morgan fingerprint density at radius 3 is 2.58 bits per heavy atom. The van der Waals surface area contributed by atoms with E-state index in [-0.39, 0.29) is 16.7 Å². The van der Waals surface area contributed by atoms with Crippen molar-refractivity contribution in [1.82, 2.24) is 4.72 Å². The zero-order chi connectivity index (χ0) is 17.4. The second-order valence-corrected chi connectivity index (χ2v) is 9.65. The third-order valence-electron chi connectivity index (χ3n) is 4.91. The van der Waals surface area contributed by atoms with Gasteiger partial charge in [-0.15, -0.1) is 4.72 Å². The molecule has 2 unspecified atom stereocenters. The van der Waals surface area contributed by atoms with Crippen molar-refractivity contribution in [2.24, 2.45) is 5.92 Å². The average Bonchev–Trinajstić information content (AvgIpc) is 2.54. The van der Waals surface area contributed by atoms with Crippen LogP contribution >= 0.6 is 0 Å². The Hall–Kier alpha value is -0.790. The fraction of sp³-hybridized carbons (Fsp3) is 0.667. The van der Waals surface area contributed by atoms with Gasteiger partial charge in [-0.3, -0.25) is 0 Å². The highest BCUT2D eigenvalue weighted by Gasteiger charge is 2.48. The summed E-state index contributed by atoms with van der Waals surface area (Å²) < 4.78 is 27.0. The monoisotopic (exact) mass is 353 g/mol. The second kappa shape index (κ2) is 6.84. The summed E-state index contributed by atoms with van der Waals surface area (Å²) in [6.45, 7) is 7.33. The maximum absolute atomic E-state index is 12.7. The Balaban J connectivity index is 1.93. The van der Waals surface area contributed by atoms with Crippen LogP contribution in [0.25, 0.3) is 0 Å². The Kier molecular flexibility index (Phi) is 5.14. The molecule has 0 saturated carbocycles. The van der Waals surface area contributed by atoms with Crippen LogP contribution in [0.3, 0.4) is 0 Å². The van der Waals surface area contributed by atoms with E-state index >= 15 is 0 Å². The van der Waals surface area contributed by atoms with Crippen LogP contribution in [0.5, 0.6) is 5.75 Å². The lowest BCUT2D eigenvalue weighted by molar-refractivity contribution is -0.119. The largest absolute Gasteiger partial charge is 0.598 e. The molecule has 24 heavy (non-hydrogen) atoms. The molecule has 1 saturated heterocycles. The van der Waals surface area contributed by atoms with Gasteiger partial charge in [0.2, 0.25) is 0 Å². The van der Waals surface area contributed by atoms with E-state index in [1.807, 2.05) is 45.0 Å². The van der Waals surface area contributed by atoms with Crippen LogP contribution in [0.2, 0.25) is 0 Å².